The van der Waals surface area contributed by atoms with E-state index in [0.29, 0.717) is 6.54 Å². The molecule has 0 bridgehead atoms. The second-order valence-corrected chi connectivity index (χ2v) is 6.35. The summed E-state index contributed by atoms with van der Waals surface area (Å²) in [6.07, 6.45) is 4.52. The van der Waals surface area contributed by atoms with Gasteiger partial charge in [-0.1, -0.05) is 36.8 Å². The Morgan fingerprint density at radius 1 is 1.25 bits per heavy atom. The Kier molecular flexibility index (Phi) is 5.13. The molecule has 0 saturated heterocycles. The first-order valence-electron chi connectivity index (χ1n) is 8.63. The zero-order chi connectivity index (χ0) is 16.9. The summed E-state index contributed by atoms with van der Waals surface area (Å²) in [5.74, 6) is 1.89. The van der Waals surface area contributed by atoms with E-state index in [0.717, 1.165) is 36.6 Å². The normalized spacial score (nSPS) is 15.2. The van der Waals surface area contributed by atoms with E-state index in [1.54, 1.807) is 4.90 Å². The van der Waals surface area contributed by atoms with E-state index >= 15 is 0 Å². The number of aromatic nitrogens is 3. The van der Waals surface area contributed by atoms with Crippen LogP contribution in [-0.2, 0) is 19.5 Å². The Morgan fingerprint density at radius 3 is 2.83 bits per heavy atom. The molecule has 3 rings (SSSR count). The Morgan fingerprint density at radius 2 is 2.04 bits per heavy atom. The molecule has 6 heteroatoms. The van der Waals surface area contributed by atoms with Crippen LogP contribution in [-0.4, -0.2) is 32.7 Å². The Balaban J connectivity index is 1.60. The highest BCUT2D eigenvalue weighted by atomic mass is 16.2. The van der Waals surface area contributed by atoms with Gasteiger partial charge in [0, 0.05) is 20.0 Å². The molecule has 1 aliphatic rings. The summed E-state index contributed by atoms with van der Waals surface area (Å²) in [5.41, 5.74) is 1.12. The smallest absolute Gasteiger partial charge is 0.318 e. The van der Waals surface area contributed by atoms with Gasteiger partial charge in [0.05, 0.1) is 12.6 Å². The molecular weight excluding hydrogens is 302 g/mol. The van der Waals surface area contributed by atoms with Gasteiger partial charge < -0.3 is 14.8 Å². The molecule has 0 spiro atoms. The standard InChI is InChI=1S/C18H25N5O/c1-14(15-9-5-3-6-10-15)22(2)18(24)19-13-17-21-20-16-11-7-4-8-12-23(16)17/h3,5-6,9-10,14H,4,7-8,11-13H2,1-2H3,(H,19,24). The van der Waals surface area contributed by atoms with Crippen LogP contribution in [0, 0.1) is 0 Å². The third-order valence-electron chi connectivity index (χ3n) is 4.77. The SMILES string of the molecule is CC(c1ccccc1)N(C)C(=O)NCc1nnc2n1CCCCC2. The summed E-state index contributed by atoms with van der Waals surface area (Å²) >= 11 is 0. The lowest BCUT2D eigenvalue weighted by Gasteiger charge is -2.25. The number of amides is 2. The highest BCUT2D eigenvalue weighted by Crippen LogP contribution is 2.18. The number of nitrogens with zero attached hydrogens (tertiary/aromatic N) is 4. The molecule has 0 aliphatic carbocycles. The molecule has 2 amide bonds. The third kappa shape index (κ3) is 3.58. The van der Waals surface area contributed by atoms with Gasteiger partial charge in [0.2, 0.25) is 0 Å². The van der Waals surface area contributed by atoms with Crippen molar-refractivity contribution in [2.45, 2.75) is 51.7 Å². The van der Waals surface area contributed by atoms with Crippen LogP contribution in [0.15, 0.2) is 30.3 Å². The van der Waals surface area contributed by atoms with Gasteiger partial charge in [0.25, 0.3) is 0 Å². The zero-order valence-corrected chi connectivity index (χ0v) is 14.4. The van der Waals surface area contributed by atoms with Gasteiger partial charge in [-0.3, -0.25) is 0 Å². The molecule has 6 nitrogen and oxygen atoms in total. The van der Waals surface area contributed by atoms with Gasteiger partial charge in [0.1, 0.15) is 5.82 Å². The molecule has 1 aromatic carbocycles. The number of aryl methyl sites for hydroxylation is 1. The number of fused-ring (bicyclic) bond motifs is 1. The second kappa shape index (κ2) is 7.47. The lowest BCUT2D eigenvalue weighted by atomic mass is 10.1. The first kappa shape index (κ1) is 16.5. The van der Waals surface area contributed by atoms with E-state index in [9.17, 15) is 4.79 Å². The number of rotatable bonds is 4. The van der Waals surface area contributed by atoms with Crippen LogP contribution >= 0.6 is 0 Å². The largest absolute Gasteiger partial charge is 0.331 e. The summed E-state index contributed by atoms with van der Waals surface area (Å²) < 4.78 is 2.16. The molecule has 1 unspecified atom stereocenters. The zero-order valence-electron chi connectivity index (χ0n) is 14.4. The summed E-state index contributed by atoms with van der Waals surface area (Å²) in [6.45, 7) is 3.39. The maximum Gasteiger partial charge on any atom is 0.318 e. The lowest BCUT2D eigenvalue weighted by molar-refractivity contribution is 0.193. The molecule has 0 saturated carbocycles. The van der Waals surface area contributed by atoms with Gasteiger partial charge in [-0.15, -0.1) is 10.2 Å². The van der Waals surface area contributed by atoms with Crippen molar-refractivity contribution in [3.05, 3.63) is 47.5 Å². The molecule has 1 aliphatic heterocycles. The van der Waals surface area contributed by atoms with Crippen molar-refractivity contribution in [1.82, 2.24) is 25.0 Å². The molecule has 0 fully saturated rings. The summed E-state index contributed by atoms with van der Waals surface area (Å²) in [4.78, 5) is 14.2. The van der Waals surface area contributed by atoms with Gasteiger partial charge in [0.15, 0.2) is 5.82 Å². The third-order valence-corrected chi connectivity index (χ3v) is 4.77. The fraction of sp³-hybridized carbons (Fsp3) is 0.500. The maximum atomic E-state index is 12.4. The number of urea groups is 1. The number of carbonyl (C=O) groups excluding carboxylic acids is 1. The predicted octanol–water partition coefficient (Wildman–Crippen LogP) is 2.91. The molecule has 1 aromatic heterocycles. The Hall–Kier alpha value is -2.37. The number of benzene rings is 1. The minimum atomic E-state index is -0.0997. The van der Waals surface area contributed by atoms with E-state index < -0.39 is 0 Å². The van der Waals surface area contributed by atoms with Crippen LogP contribution in [0.4, 0.5) is 4.79 Å². The molecule has 2 aromatic rings. The van der Waals surface area contributed by atoms with Gasteiger partial charge in [-0.05, 0) is 25.3 Å². The van der Waals surface area contributed by atoms with Crippen LogP contribution < -0.4 is 5.32 Å². The summed E-state index contributed by atoms with van der Waals surface area (Å²) in [6, 6.07) is 9.94. The van der Waals surface area contributed by atoms with E-state index in [-0.39, 0.29) is 12.1 Å². The van der Waals surface area contributed by atoms with Crippen molar-refractivity contribution in [1.29, 1.82) is 0 Å². The Bertz CT molecular complexity index is 682. The Labute approximate surface area is 142 Å². The van der Waals surface area contributed by atoms with Crippen molar-refractivity contribution in [3.8, 4) is 0 Å². The quantitative estimate of drug-likeness (QED) is 0.939. The van der Waals surface area contributed by atoms with Gasteiger partial charge in [-0.25, -0.2) is 4.79 Å². The van der Waals surface area contributed by atoms with Crippen LogP contribution in [0.1, 0.15) is 49.4 Å². The van der Waals surface area contributed by atoms with E-state index in [1.165, 1.54) is 12.8 Å². The van der Waals surface area contributed by atoms with Crippen LogP contribution in [0.5, 0.6) is 0 Å². The average molecular weight is 327 g/mol. The van der Waals surface area contributed by atoms with Crippen molar-refractivity contribution in [2.75, 3.05) is 7.05 Å². The molecule has 2 heterocycles. The van der Waals surface area contributed by atoms with Gasteiger partial charge >= 0.3 is 6.03 Å². The molecular formula is C18H25N5O. The monoisotopic (exact) mass is 327 g/mol. The first-order chi connectivity index (χ1) is 11.7. The van der Waals surface area contributed by atoms with E-state index in [1.807, 2.05) is 44.3 Å². The topological polar surface area (TPSA) is 63.1 Å². The highest BCUT2D eigenvalue weighted by Gasteiger charge is 2.19. The van der Waals surface area contributed by atoms with Crippen molar-refractivity contribution >= 4 is 6.03 Å². The molecule has 128 valence electrons. The highest BCUT2D eigenvalue weighted by molar-refractivity contribution is 5.74. The molecule has 0 radical (unpaired) electrons. The lowest BCUT2D eigenvalue weighted by Crippen LogP contribution is -2.38. The number of hydrogen-bond donors (Lipinski definition) is 1. The fourth-order valence-electron chi connectivity index (χ4n) is 3.09. The molecule has 24 heavy (non-hydrogen) atoms. The van der Waals surface area contributed by atoms with Crippen molar-refractivity contribution in [2.24, 2.45) is 0 Å². The minimum Gasteiger partial charge on any atom is -0.331 e. The van der Waals surface area contributed by atoms with Crippen LogP contribution in [0.2, 0.25) is 0 Å². The average Bonchev–Trinajstić information content (AvgIpc) is 2.85. The number of nitrogens with one attached hydrogen (secondary N) is 1. The van der Waals surface area contributed by atoms with E-state index in [2.05, 4.69) is 20.1 Å². The van der Waals surface area contributed by atoms with Crippen LogP contribution in [0.3, 0.4) is 0 Å². The molecule has 1 N–H and O–H groups in total. The molecule has 1 atom stereocenters. The maximum absolute atomic E-state index is 12.4. The number of carbonyl (C=O) groups is 1. The van der Waals surface area contributed by atoms with Crippen molar-refractivity contribution in [3.63, 3.8) is 0 Å². The van der Waals surface area contributed by atoms with Crippen molar-refractivity contribution < 1.29 is 4.79 Å². The first-order valence-corrected chi connectivity index (χ1v) is 8.63. The minimum absolute atomic E-state index is 0.0155. The summed E-state index contributed by atoms with van der Waals surface area (Å²) in [7, 11) is 1.82. The number of hydrogen-bond acceptors (Lipinski definition) is 3. The van der Waals surface area contributed by atoms with Gasteiger partial charge in [-0.2, -0.15) is 0 Å². The fourth-order valence-corrected chi connectivity index (χ4v) is 3.09. The predicted molar refractivity (Wildman–Crippen MR) is 92.4 cm³/mol. The van der Waals surface area contributed by atoms with E-state index in [4.69, 9.17) is 0 Å². The van der Waals surface area contributed by atoms with Crippen LogP contribution in [0.25, 0.3) is 0 Å². The second-order valence-electron chi connectivity index (χ2n) is 6.35. The summed E-state index contributed by atoms with van der Waals surface area (Å²) in [5, 5.41) is 11.5.